The normalized spacial score (nSPS) is 14.4. The molecule has 0 spiro atoms. The zero-order valence-electron chi connectivity index (χ0n) is 9.98. The summed E-state index contributed by atoms with van der Waals surface area (Å²) in [4.78, 5) is 16.0. The number of amides is 1. The number of anilines is 2. The number of hydrogen-bond acceptors (Lipinski definition) is 4. The fourth-order valence-corrected chi connectivity index (χ4v) is 2.02. The number of halogens is 1. The van der Waals surface area contributed by atoms with Crippen molar-refractivity contribution < 1.29 is 4.79 Å². The van der Waals surface area contributed by atoms with Gasteiger partial charge in [-0.1, -0.05) is 11.6 Å². The molecule has 0 bridgehead atoms. The molecule has 2 aromatic heterocycles. The van der Waals surface area contributed by atoms with Crippen LogP contribution in [0.3, 0.4) is 0 Å². The predicted molar refractivity (Wildman–Crippen MR) is 72.2 cm³/mol. The summed E-state index contributed by atoms with van der Waals surface area (Å²) in [6, 6.07) is 1.60. The molecule has 19 heavy (non-hydrogen) atoms. The Kier molecular flexibility index (Phi) is 2.87. The quantitative estimate of drug-likeness (QED) is 0.801. The van der Waals surface area contributed by atoms with Crippen molar-refractivity contribution in [1.29, 1.82) is 0 Å². The minimum atomic E-state index is -0.393. The molecule has 98 valence electrons. The number of nitrogens with zero attached hydrogens (tertiary/aromatic N) is 2. The highest BCUT2D eigenvalue weighted by atomic mass is 35.5. The molecule has 0 radical (unpaired) electrons. The molecule has 6 nitrogen and oxygen atoms in total. The number of aromatic nitrogens is 3. The van der Waals surface area contributed by atoms with E-state index in [1.54, 1.807) is 12.3 Å². The Balaban J connectivity index is 1.82. The van der Waals surface area contributed by atoms with Crippen LogP contribution < -0.4 is 11.1 Å². The van der Waals surface area contributed by atoms with Crippen molar-refractivity contribution in [3.05, 3.63) is 34.9 Å². The Morgan fingerprint density at radius 3 is 3.00 bits per heavy atom. The fraction of sp³-hybridized carbons (Fsp3) is 0.250. The van der Waals surface area contributed by atoms with Gasteiger partial charge < -0.3 is 11.1 Å². The molecule has 0 saturated heterocycles. The first-order valence-electron chi connectivity index (χ1n) is 5.91. The van der Waals surface area contributed by atoms with Crippen LogP contribution in [0.25, 0.3) is 0 Å². The summed E-state index contributed by atoms with van der Waals surface area (Å²) >= 11 is 5.95. The van der Waals surface area contributed by atoms with Crippen molar-refractivity contribution in [2.24, 2.45) is 0 Å². The summed E-state index contributed by atoms with van der Waals surface area (Å²) in [5, 5.41) is 9.87. The highest BCUT2D eigenvalue weighted by Crippen LogP contribution is 2.42. The second-order valence-corrected chi connectivity index (χ2v) is 4.89. The molecule has 1 fully saturated rings. The fourth-order valence-electron chi connectivity index (χ4n) is 1.87. The Bertz CT molecular complexity index is 635. The molecule has 0 aromatic carbocycles. The Labute approximate surface area is 114 Å². The van der Waals surface area contributed by atoms with E-state index in [2.05, 4.69) is 20.5 Å². The molecule has 0 atom stereocenters. The van der Waals surface area contributed by atoms with Crippen LogP contribution in [0, 0.1) is 0 Å². The molecular weight excluding hydrogens is 266 g/mol. The first-order chi connectivity index (χ1) is 9.16. The van der Waals surface area contributed by atoms with Gasteiger partial charge >= 0.3 is 0 Å². The number of nitrogens with one attached hydrogen (secondary N) is 2. The Morgan fingerprint density at radius 2 is 2.32 bits per heavy atom. The third-order valence-corrected chi connectivity index (χ3v) is 3.38. The summed E-state index contributed by atoms with van der Waals surface area (Å²) in [7, 11) is 0. The zero-order chi connectivity index (χ0) is 13.4. The van der Waals surface area contributed by atoms with E-state index in [9.17, 15) is 4.79 Å². The molecule has 0 unspecified atom stereocenters. The smallest absolute Gasteiger partial charge is 0.278 e. The van der Waals surface area contributed by atoms with E-state index in [0.29, 0.717) is 22.3 Å². The molecule has 7 heteroatoms. The summed E-state index contributed by atoms with van der Waals surface area (Å²) in [5.41, 5.74) is 7.83. The van der Waals surface area contributed by atoms with Gasteiger partial charge in [-0.25, -0.2) is 0 Å². The summed E-state index contributed by atoms with van der Waals surface area (Å²) in [6.45, 7) is 0. The van der Waals surface area contributed by atoms with Crippen LogP contribution in [0.15, 0.2) is 18.5 Å². The molecule has 2 aromatic rings. The third kappa shape index (κ3) is 2.26. The summed E-state index contributed by atoms with van der Waals surface area (Å²) in [6.07, 6.45) is 5.20. The maximum absolute atomic E-state index is 12.1. The Hall–Kier alpha value is -2.08. The van der Waals surface area contributed by atoms with Crippen LogP contribution in [0.1, 0.15) is 34.9 Å². The van der Waals surface area contributed by atoms with Gasteiger partial charge in [0.15, 0.2) is 5.69 Å². The van der Waals surface area contributed by atoms with Gasteiger partial charge in [-0.2, -0.15) is 5.10 Å². The van der Waals surface area contributed by atoms with Crippen LogP contribution in [0.5, 0.6) is 0 Å². The molecule has 1 aliphatic carbocycles. The first-order valence-corrected chi connectivity index (χ1v) is 6.29. The van der Waals surface area contributed by atoms with Crippen molar-refractivity contribution in [3.63, 3.8) is 0 Å². The highest BCUT2D eigenvalue weighted by Gasteiger charge is 2.30. The number of carbonyl (C=O) groups is 1. The minimum absolute atomic E-state index is 0.196. The van der Waals surface area contributed by atoms with Gasteiger partial charge in [-0.15, -0.1) is 0 Å². The van der Waals surface area contributed by atoms with Crippen LogP contribution >= 0.6 is 11.6 Å². The third-order valence-electron chi connectivity index (χ3n) is 3.05. The molecule has 3 rings (SSSR count). The van der Waals surface area contributed by atoms with Gasteiger partial charge in [0.05, 0.1) is 28.3 Å². The zero-order valence-corrected chi connectivity index (χ0v) is 10.7. The molecule has 1 saturated carbocycles. The highest BCUT2D eigenvalue weighted by molar-refractivity contribution is 6.33. The van der Waals surface area contributed by atoms with Crippen molar-refractivity contribution in [2.75, 3.05) is 11.1 Å². The average molecular weight is 278 g/mol. The van der Waals surface area contributed by atoms with Gasteiger partial charge in [0, 0.05) is 12.1 Å². The Morgan fingerprint density at radius 1 is 1.53 bits per heavy atom. The van der Waals surface area contributed by atoms with Crippen LogP contribution in [0.2, 0.25) is 5.02 Å². The first kappa shape index (κ1) is 12.0. The predicted octanol–water partition coefficient (Wildman–Crippen LogP) is 2.17. The number of hydrogen-bond donors (Lipinski definition) is 3. The van der Waals surface area contributed by atoms with Crippen molar-refractivity contribution in [1.82, 2.24) is 15.2 Å². The van der Waals surface area contributed by atoms with Crippen molar-refractivity contribution in [2.45, 2.75) is 18.8 Å². The van der Waals surface area contributed by atoms with E-state index in [4.69, 9.17) is 17.3 Å². The second-order valence-electron chi connectivity index (χ2n) is 4.48. The topological polar surface area (TPSA) is 96.7 Å². The van der Waals surface area contributed by atoms with Gasteiger partial charge in [0.2, 0.25) is 0 Å². The van der Waals surface area contributed by atoms with E-state index in [1.165, 1.54) is 6.20 Å². The van der Waals surface area contributed by atoms with Gasteiger partial charge in [0.1, 0.15) is 0 Å². The van der Waals surface area contributed by atoms with E-state index < -0.39 is 5.91 Å². The molecular formula is C12H12ClN5O. The van der Waals surface area contributed by atoms with E-state index in [1.807, 2.05) is 0 Å². The van der Waals surface area contributed by atoms with Gasteiger partial charge in [0.25, 0.3) is 5.91 Å². The lowest BCUT2D eigenvalue weighted by atomic mass is 10.2. The van der Waals surface area contributed by atoms with E-state index >= 15 is 0 Å². The maximum atomic E-state index is 12.1. The number of H-pyrrole nitrogens is 1. The van der Waals surface area contributed by atoms with Crippen LogP contribution in [-0.4, -0.2) is 21.1 Å². The largest absolute Gasteiger partial charge is 0.395 e. The summed E-state index contributed by atoms with van der Waals surface area (Å²) in [5.74, 6) is 0.0200. The lowest BCUT2D eigenvalue weighted by Crippen LogP contribution is -2.14. The minimum Gasteiger partial charge on any atom is -0.395 e. The number of nitrogen functional groups attached to an aromatic ring is 1. The number of pyridine rings is 1. The molecule has 0 aliphatic heterocycles. The molecule has 1 aliphatic rings. The number of nitrogens with two attached hydrogens (primary N) is 1. The molecule has 2 heterocycles. The lowest BCUT2D eigenvalue weighted by Gasteiger charge is -2.05. The number of carbonyl (C=O) groups excluding carboxylic acids is 1. The summed E-state index contributed by atoms with van der Waals surface area (Å²) < 4.78 is 0. The van der Waals surface area contributed by atoms with Crippen molar-refractivity contribution in [3.8, 4) is 0 Å². The van der Waals surface area contributed by atoms with E-state index in [0.717, 1.165) is 18.5 Å². The lowest BCUT2D eigenvalue weighted by molar-refractivity contribution is 0.102. The monoisotopic (exact) mass is 277 g/mol. The van der Waals surface area contributed by atoms with E-state index in [-0.39, 0.29) is 5.69 Å². The van der Waals surface area contributed by atoms with Crippen LogP contribution in [-0.2, 0) is 0 Å². The number of aromatic amines is 1. The van der Waals surface area contributed by atoms with Gasteiger partial charge in [-0.05, 0) is 18.9 Å². The second kappa shape index (κ2) is 4.55. The standard InChI is InChI=1S/C12H12ClN5O/c13-7-3-4-15-5-8(7)16-12(19)11-9(14)10(17-18-11)6-1-2-6/h3-6H,1-2,14H2,(H,16,19)(H,17,18). The SMILES string of the molecule is Nc1c(C(=O)Nc2cnccc2Cl)n[nH]c1C1CC1. The maximum Gasteiger partial charge on any atom is 0.278 e. The van der Waals surface area contributed by atoms with Crippen molar-refractivity contribution >= 4 is 28.9 Å². The molecule has 1 amide bonds. The molecule has 4 N–H and O–H groups in total. The van der Waals surface area contributed by atoms with Gasteiger partial charge in [-0.3, -0.25) is 14.9 Å². The van der Waals surface area contributed by atoms with Crippen LogP contribution in [0.4, 0.5) is 11.4 Å². The average Bonchev–Trinajstić information content (AvgIpc) is 3.15. The number of rotatable bonds is 3.